The van der Waals surface area contributed by atoms with Crippen molar-refractivity contribution in [1.82, 2.24) is 19.9 Å². The number of fused-ring (bicyclic) bond motifs is 1. The van der Waals surface area contributed by atoms with Crippen molar-refractivity contribution in [2.24, 2.45) is 5.41 Å². The summed E-state index contributed by atoms with van der Waals surface area (Å²) >= 11 is 0. The van der Waals surface area contributed by atoms with E-state index >= 15 is 0 Å². The molecule has 6 nitrogen and oxygen atoms in total. The molecule has 0 amide bonds. The number of halogens is 6. The first-order valence-electron chi connectivity index (χ1n) is 14.4. The number of aromatic nitrogens is 4. The lowest BCUT2D eigenvalue weighted by Crippen LogP contribution is -2.70. The van der Waals surface area contributed by atoms with Crippen LogP contribution in [0.25, 0.3) is 11.0 Å². The highest BCUT2D eigenvalue weighted by Crippen LogP contribution is 2.78. The van der Waals surface area contributed by atoms with Crippen LogP contribution in [0.2, 0.25) is 0 Å². The summed E-state index contributed by atoms with van der Waals surface area (Å²) in [6, 6.07) is 14.3. The van der Waals surface area contributed by atoms with E-state index in [9.17, 15) is 26.3 Å². The standard InChI is InChI=1S/C32H28F6N4O2/c1-18-23(31(33,34)35)12-22-26(29-15-30(16-29,17-29)32(36,37)38)41-27(42-28(22)40-18)20-9-10-43-24(11-20)21-7-8-25(39-13-21)44-14-19-5-3-2-4-6-19/h2-8,12-13,20,24H,9-11,14-17H2,1H3/t20-,24+,29?,30?/m0/s1. The monoisotopic (exact) mass is 614 g/mol. The van der Waals surface area contributed by atoms with Crippen LogP contribution >= 0.6 is 0 Å². The van der Waals surface area contributed by atoms with Crippen molar-refractivity contribution >= 4 is 11.0 Å². The van der Waals surface area contributed by atoms with E-state index in [1.165, 1.54) is 6.92 Å². The molecule has 230 valence electrons. The fourth-order valence-corrected chi connectivity index (χ4v) is 7.04. The second kappa shape index (κ2) is 10.1. The van der Waals surface area contributed by atoms with Crippen molar-refractivity contribution < 1.29 is 35.8 Å². The molecule has 4 fully saturated rings. The van der Waals surface area contributed by atoms with Crippen LogP contribution < -0.4 is 4.74 Å². The van der Waals surface area contributed by atoms with Crippen molar-refractivity contribution in [3.8, 4) is 5.88 Å². The van der Waals surface area contributed by atoms with Gasteiger partial charge in [-0.25, -0.2) is 19.9 Å². The third-order valence-corrected chi connectivity index (χ3v) is 9.34. The summed E-state index contributed by atoms with van der Waals surface area (Å²) in [6.07, 6.45) is -7.25. The highest BCUT2D eigenvalue weighted by Gasteiger charge is 2.79. The molecule has 0 unspecified atom stereocenters. The Morgan fingerprint density at radius 3 is 2.36 bits per heavy atom. The number of ether oxygens (including phenoxy) is 2. The van der Waals surface area contributed by atoms with E-state index in [0.29, 0.717) is 37.8 Å². The van der Waals surface area contributed by atoms with Crippen molar-refractivity contribution in [3.05, 3.63) is 88.6 Å². The van der Waals surface area contributed by atoms with E-state index in [1.807, 2.05) is 36.4 Å². The SMILES string of the molecule is Cc1nc2nc([C@H]3CCO[C@@H](c4ccc(OCc5ccccc5)nc4)C3)nc(C34CC(C(F)(F)F)(C3)C4)c2cc1C(F)(F)F. The molecule has 2 atom stereocenters. The molecule has 4 heterocycles. The molecule has 4 aromatic rings. The average molecular weight is 615 g/mol. The van der Waals surface area contributed by atoms with Crippen LogP contribution in [0.5, 0.6) is 5.88 Å². The van der Waals surface area contributed by atoms with Gasteiger partial charge in [-0.3, -0.25) is 0 Å². The average Bonchev–Trinajstić information content (AvgIpc) is 2.93. The third kappa shape index (κ3) is 4.87. The molecule has 44 heavy (non-hydrogen) atoms. The quantitative estimate of drug-likeness (QED) is 0.206. The van der Waals surface area contributed by atoms with Crippen LogP contribution in [-0.2, 0) is 22.9 Å². The van der Waals surface area contributed by atoms with Gasteiger partial charge >= 0.3 is 12.4 Å². The largest absolute Gasteiger partial charge is 0.473 e. The Balaban J connectivity index is 1.16. The molecule has 1 saturated heterocycles. The molecule has 3 aliphatic carbocycles. The van der Waals surface area contributed by atoms with Gasteiger partial charge in [0.05, 0.1) is 28.5 Å². The first-order valence-corrected chi connectivity index (χ1v) is 14.4. The summed E-state index contributed by atoms with van der Waals surface area (Å²) in [5.41, 5.74) is -1.75. The number of rotatable bonds is 6. The van der Waals surface area contributed by atoms with Crippen molar-refractivity contribution in [2.75, 3.05) is 6.61 Å². The Hall–Kier alpha value is -3.80. The van der Waals surface area contributed by atoms with Crippen LogP contribution in [-0.4, -0.2) is 32.7 Å². The smallest absolute Gasteiger partial charge is 0.418 e. The van der Waals surface area contributed by atoms with E-state index in [4.69, 9.17) is 14.5 Å². The third-order valence-electron chi connectivity index (χ3n) is 9.34. The van der Waals surface area contributed by atoms with Crippen molar-refractivity contribution in [1.29, 1.82) is 0 Å². The minimum Gasteiger partial charge on any atom is -0.473 e. The second-order valence-corrected chi connectivity index (χ2v) is 12.3. The lowest BCUT2D eigenvalue weighted by molar-refractivity contribution is -0.337. The van der Waals surface area contributed by atoms with E-state index in [1.54, 1.807) is 12.3 Å². The Bertz CT molecular complexity index is 1690. The lowest BCUT2D eigenvalue weighted by atomic mass is 9.33. The second-order valence-electron chi connectivity index (χ2n) is 12.3. The fourth-order valence-electron chi connectivity index (χ4n) is 7.04. The number of pyridine rings is 2. The summed E-state index contributed by atoms with van der Waals surface area (Å²) in [7, 11) is 0. The first-order chi connectivity index (χ1) is 20.9. The molecule has 0 radical (unpaired) electrons. The molecule has 3 saturated carbocycles. The van der Waals surface area contributed by atoms with Crippen LogP contribution in [0.15, 0.2) is 54.7 Å². The zero-order valence-corrected chi connectivity index (χ0v) is 23.7. The zero-order chi connectivity index (χ0) is 30.9. The zero-order valence-electron chi connectivity index (χ0n) is 23.7. The van der Waals surface area contributed by atoms with Crippen LogP contribution in [0.1, 0.15) is 78.0 Å². The van der Waals surface area contributed by atoms with Gasteiger partial charge in [-0.15, -0.1) is 0 Å². The van der Waals surface area contributed by atoms with Crippen LogP contribution in [0.3, 0.4) is 0 Å². The maximum atomic E-state index is 13.8. The number of benzene rings is 1. The predicted molar refractivity (Wildman–Crippen MR) is 147 cm³/mol. The molecular formula is C32H28F6N4O2. The summed E-state index contributed by atoms with van der Waals surface area (Å²) in [5.74, 6) is 0.593. The van der Waals surface area contributed by atoms with E-state index in [2.05, 4.69) is 15.0 Å². The summed E-state index contributed by atoms with van der Waals surface area (Å²) < 4.78 is 94.3. The summed E-state index contributed by atoms with van der Waals surface area (Å²) in [4.78, 5) is 17.9. The van der Waals surface area contributed by atoms with Crippen molar-refractivity contribution in [3.63, 3.8) is 0 Å². The van der Waals surface area contributed by atoms with Gasteiger partial charge in [-0.2, -0.15) is 26.3 Å². The van der Waals surface area contributed by atoms with Gasteiger partial charge in [-0.1, -0.05) is 30.3 Å². The Morgan fingerprint density at radius 2 is 1.70 bits per heavy atom. The van der Waals surface area contributed by atoms with Crippen LogP contribution in [0, 0.1) is 12.3 Å². The van der Waals surface area contributed by atoms with Gasteiger partial charge in [0.2, 0.25) is 5.88 Å². The minimum atomic E-state index is -4.67. The van der Waals surface area contributed by atoms with Gasteiger partial charge in [0.15, 0.2) is 5.65 Å². The molecule has 1 aliphatic heterocycles. The van der Waals surface area contributed by atoms with Crippen LogP contribution in [0.4, 0.5) is 26.3 Å². The molecule has 2 bridgehead atoms. The Kier molecular flexibility index (Phi) is 6.65. The molecule has 1 aromatic carbocycles. The topological polar surface area (TPSA) is 70.0 Å². The van der Waals surface area contributed by atoms with Gasteiger partial charge in [0, 0.05) is 35.6 Å². The van der Waals surface area contributed by atoms with Gasteiger partial charge in [0.25, 0.3) is 0 Å². The number of nitrogens with zero attached hydrogens (tertiary/aromatic N) is 4. The molecule has 8 rings (SSSR count). The minimum absolute atomic E-state index is 0.0704. The maximum absolute atomic E-state index is 13.8. The molecule has 0 N–H and O–H groups in total. The molecule has 3 aromatic heterocycles. The normalized spacial score (nSPS) is 26.6. The number of hydrogen-bond donors (Lipinski definition) is 0. The van der Waals surface area contributed by atoms with Gasteiger partial charge in [0.1, 0.15) is 12.4 Å². The number of aryl methyl sites for hydroxylation is 1. The molecular weight excluding hydrogens is 586 g/mol. The molecule has 4 aliphatic rings. The molecule has 0 spiro atoms. The van der Waals surface area contributed by atoms with E-state index in [-0.39, 0.29) is 53.7 Å². The number of alkyl halides is 6. The summed E-state index contributed by atoms with van der Waals surface area (Å²) in [6.45, 7) is 2.01. The highest BCUT2D eigenvalue weighted by atomic mass is 19.4. The van der Waals surface area contributed by atoms with Gasteiger partial charge in [-0.05, 0) is 62.3 Å². The predicted octanol–water partition coefficient (Wildman–Crippen LogP) is 7.95. The number of hydrogen-bond acceptors (Lipinski definition) is 6. The van der Waals surface area contributed by atoms with Crippen molar-refractivity contribution in [2.45, 2.75) is 75.4 Å². The van der Waals surface area contributed by atoms with Gasteiger partial charge < -0.3 is 9.47 Å². The highest BCUT2D eigenvalue weighted by molar-refractivity contribution is 5.81. The molecule has 12 heteroatoms. The first kappa shape index (κ1) is 28.9. The summed E-state index contributed by atoms with van der Waals surface area (Å²) in [5, 5.41) is 0.0704. The Morgan fingerprint density at radius 1 is 0.955 bits per heavy atom. The lowest BCUT2D eigenvalue weighted by Gasteiger charge is -2.70. The maximum Gasteiger partial charge on any atom is 0.418 e. The fraction of sp³-hybridized carbons (Fsp3) is 0.438. The van der Waals surface area contributed by atoms with E-state index < -0.39 is 28.7 Å². The van der Waals surface area contributed by atoms with E-state index in [0.717, 1.165) is 17.2 Å². The Labute approximate surface area is 248 Å².